The number of anilines is 2. The van der Waals surface area contributed by atoms with Gasteiger partial charge in [-0.3, -0.25) is 0 Å². The first-order valence-electron chi connectivity index (χ1n) is 14.2. The summed E-state index contributed by atoms with van der Waals surface area (Å²) in [6.07, 6.45) is 13.6. The number of hydrogen-bond donors (Lipinski definition) is 0. The van der Waals surface area contributed by atoms with Crippen molar-refractivity contribution in [2.24, 2.45) is 0 Å². The minimum absolute atomic E-state index is 0.934. The second-order valence-corrected chi connectivity index (χ2v) is 9.53. The number of rotatable bonds is 18. The molecule has 2 rings (SSSR count). The molecule has 2 aromatic rings. The number of hydrogen-bond acceptors (Lipinski definition) is 4. The fraction of sp³-hybridized carbons (Fsp3) is 0.562. The number of benzene rings is 2. The summed E-state index contributed by atoms with van der Waals surface area (Å²) in [5.41, 5.74) is 4.62. The van der Waals surface area contributed by atoms with Crippen molar-refractivity contribution >= 4 is 23.5 Å². The molecule has 0 unspecified atom stereocenters. The van der Waals surface area contributed by atoms with Crippen molar-refractivity contribution in [3.05, 3.63) is 47.5 Å². The number of methoxy groups -OCH3 is 2. The smallest absolute Gasteiger partial charge is 0.151 e. The molecule has 0 aliphatic rings. The zero-order valence-electron chi connectivity index (χ0n) is 23.8. The number of unbranched alkanes of at least 4 members (excludes halogenated alkanes) is 4. The summed E-state index contributed by atoms with van der Waals surface area (Å²) in [6.45, 7) is 13.2. The van der Waals surface area contributed by atoms with Gasteiger partial charge in [-0.05, 0) is 37.3 Å². The highest BCUT2D eigenvalue weighted by atomic mass is 16.5. The van der Waals surface area contributed by atoms with E-state index in [1.165, 1.54) is 42.6 Å². The van der Waals surface area contributed by atoms with Gasteiger partial charge in [0.15, 0.2) is 5.75 Å². The molecule has 0 N–H and O–H groups in total. The predicted molar refractivity (Wildman–Crippen MR) is 159 cm³/mol. The van der Waals surface area contributed by atoms with Gasteiger partial charge >= 0.3 is 0 Å². The molecule has 0 spiro atoms. The molecule has 0 atom stereocenters. The summed E-state index contributed by atoms with van der Waals surface area (Å²) < 4.78 is 12.4. The molecule has 0 aromatic heterocycles. The van der Waals surface area contributed by atoms with Crippen LogP contribution in [0.25, 0.3) is 12.2 Å². The Morgan fingerprint density at radius 1 is 0.639 bits per heavy atom. The standard InChI is InChI=1S/C32H50N2O2/c1-7-11-22-33(23-12-8-2)30-29(35-5)26-28(21-20-27-18-16-15-17-19-27)32(36-6)31(30)34(24-13-9-3)25-14-10-4/h15-21,26H,7-14,22-25H2,1-6H3. The molecule has 0 fully saturated rings. The van der Waals surface area contributed by atoms with Crippen LogP contribution >= 0.6 is 0 Å². The van der Waals surface area contributed by atoms with Crippen LogP contribution in [0.4, 0.5) is 11.4 Å². The van der Waals surface area contributed by atoms with E-state index >= 15 is 0 Å². The lowest BCUT2D eigenvalue weighted by molar-refractivity contribution is 0.401. The van der Waals surface area contributed by atoms with Gasteiger partial charge in [0.05, 0.1) is 14.2 Å². The van der Waals surface area contributed by atoms with Crippen molar-refractivity contribution in [2.75, 3.05) is 50.2 Å². The highest BCUT2D eigenvalue weighted by Gasteiger charge is 2.27. The Morgan fingerprint density at radius 2 is 1.14 bits per heavy atom. The third-order valence-electron chi connectivity index (χ3n) is 6.66. The van der Waals surface area contributed by atoms with Crippen molar-refractivity contribution in [2.45, 2.75) is 79.1 Å². The summed E-state index contributed by atoms with van der Waals surface area (Å²) in [5, 5.41) is 0. The lowest BCUT2D eigenvalue weighted by Crippen LogP contribution is -2.32. The number of nitrogens with zero attached hydrogens (tertiary/aromatic N) is 2. The zero-order chi connectivity index (χ0) is 26.2. The Hall–Kier alpha value is -2.62. The maximum Gasteiger partial charge on any atom is 0.151 e. The summed E-state index contributed by atoms with van der Waals surface area (Å²) in [5.74, 6) is 1.88. The second kappa shape index (κ2) is 16.9. The van der Waals surface area contributed by atoms with Crippen molar-refractivity contribution < 1.29 is 9.47 Å². The molecule has 0 bridgehead atoms. The fourth-order valence-corrected chi connectivity index (χ4v) is 4.55. The maximum absolute atomic E-state index is 6.23. The second-order valence-electron chi connectivity index (χ2n) is 9.53. The lowest BCUT2D eigenvalue weighted by Gasteiger charge is -2.35. The van der Waals surface area contributed by atoms with E-state index in [1.807, 2.05) is 13.2 Å². The molecule has 0 amide bonds. The highest BCUT2D eigenvalue weighted by Crippen LogP contribution is 2.48. The van der Waals surface area contributed by atoms with Crippen LogP contribution in [0.5, 0.6) is 11.5 Å². The van der Waals surface area contributed by atoms with E-state index in [9.17, 15) is 0 Å². The molecular formula is C32H50N2O2. The van der Waals surface area contributed by atoms with E-state index in [0.29, 0.717) is 0 Å². The predicted octanol–water partition coefficient (Wildman–Crippen LogP) is 8.69. The van der Waals surface area contributed by atoms with E-state index in [0.717, 1.165) is 68.9 Å². The monoisotopic (exact) mass is 494 g/mol. The molecule has 4 heteroatoms. The quantitative estimate of drug-likeness (QED) is 0.194. The largest absolute Gasteiger partial charge is 0.494 e. The minimum Gasteiger partial charge on any atom is -0.494 e. The minimum atomic E-state index is 0.934. The number of ether oxygens (including phenoxy) is 2. The summed E-state index contributed by atoms with van der Waals surface area (Å²) in [6, 6.07) is 12.6. The molecule has 0 aliphatic heterocycles. The molecule has 0 saturated heterocycles. The molecule has 36 heavy (non-hydrogen) atoms. The normalized spacial score (nSPS) is 11.2. The van der Waals surface area contributed by atoms with Crippen molar-refractivity contribution in [1.82, 2.24) is 0 Å². The average Bonchev–Trinajstić information content (AvgIpc) is 2.92. The average molecular weight is 495 g/mol. The third-order valence-corrected chi connectivity index (χ3v) is 6.66. The van der Waals surface area contributed by atoms with Gasteiger partial charge in [0.1, 0.15) is 17.1 Å². The SMILES string of the molecule is CCCCN(CCCC)c1c(OC)cc(C=Cc2ccccc2)c(OC)c1N(CCCC)CCCC. The van der Waals surface area contributed by atoms with Gasteiger partial charge in [0, 0.05) is 31.7 Å². The van der Waals surface area contributed by atoms with Crippen LogP contribution in [-0.2, 0) is 0 Å². The van der Waals surface area contributed by atoms with Gasteiger partial charge < -0.3 is 19.3 Å². The van der Waals surface area contributed by atoms with E-state index < -0.39 is 0 Å². The first-order chi connectivity index (χ1) is 17.6. The fourth-order valence-electron chi connectivity index (χ4n) is 4.55. The van der Waals surface area contributed by atoms with Crippen molar-refractivity contribution in [3.8, 4) is 11.5 Å². The molecule has 4 nitrogen and oxygen atoms in total. The zero-order valence-corrected chi connectivity index (χ0v) is 23.8. The Bertz CT molecular complexity index is 879. The van der Waals surface area contributed by atoms with E-state index in [-0.39, 0.29) is 0 Å². The Kier molecular flexibility index (Phi) is 13.9. The van der Waals surface area contributed by atoms with Crippen LogP contribution in [0, 0.1) is 0 Å². The molecule has 2 aromatic carbocycles. The van der Waals surface area contributed by atoms with Gasteiger partial charge in [0.25, 0.3) is 0 Å². The summed E-state index contributed by atoms with van der Waals surface area (Å²) in [7, 11) is 3.62. The molecule has 0 aliphatic carbocycles. The molecule has 200 valence electrons. The first-order valence-corrected chi connectivity index (χ1v) is 14.2. The van der Waals surface area contributed by atoms with Gasteiger partial charge in [-0.25, -0.2) is 0 Å². The van der Waals surface area contributed by atoms with Crippen molar-refractivity contribution in [3.63, 3.8) is 0 Å². The van der Waals surface area contributed by atoms with Crippen LogP contribution in [0.1, 0.15) is 90.2 Å². The van der Waals surface area contributed by atoms with Crippen LogP contribution < -0.4 is 19.3 Å². The molecular weight excluding hydrogens is 444 g/mol. The summed E-state index contributed by atoms with van der Waals surface area (Å²) >= 11 is 0. The first kappa shape index (κ1) is 29.6. The van der Waals surface area contributed by atoms with Crippen molar-refractivity contribution in [1.29, 1.82) is 0 Å². The maximum atomic E-state index is 6.23. The van der Waals surface area contributed by atoms with Gasteiger partial charge in [-0.1, -0.05) is 95.9 Å². The van der Waals surface area contributed by atoms with Gasteiger partial charge in [-0.15, -0.1) is 0 Å². The van der Waals surface area contributed by atoms with Crippen LogP contribution in [0.2, 0.25) is 0 Å². The van der Waals surface area contributed by atoms with E-state index in [2.05, 4.69) is 80.0 Å². The highest BCUT2D eigenvalue weighted by molar-refractivity contribution is 5.89. The van der Waals surface area contributed by atoms with Gasteiger partial charge in [-0.2, -0.15) is 0 Å². The molecule has 0 heterocycles. The summed E-state index contributed by atoms with van der Waals surface area (Å²) in [4.78, 5) is 5.12. The Morgan fingerprint density at radius 3 is 1.58 bits per heavy atom. The van der Waals surface area contributed by atoms with Crippen LogP contribution in [-0.4, -0.2) is 40.4 Å². The molecule has 0 radical (unpaired) electrons. The van der Waals surface area contributed by atoms with Crippen LogP contribution in [0.15, 0.2) is 36.4 Å². The topological polar surface area (TPSA) is 24.9 Å². The van der Waals surface area contributed by atoms with Gasteiger partial charge in [0.2, 0.25) is 0 Å². The Labute approximate surface area is 221 Å². The third kappa shape index (κ3) is 8.50. The lowest BCUT2D eigenvalue weighted by atomic mass is 10.0. The van der Waals surface area contributed by atoms with E-state index in [4.69, 9.17) is 9.47 Å². The molecule has 0 saturated carbocycles. The van der Waals surface area contributed by atoms with E-state index in [1.54, 1.807) is 7.11 Å². The Balaban J connectivity index is 2.77. The van der Waals surface area contributed by atoms with Crippen LogP contribution in [0.3, 0.4) is 0 Å².